The van der Waals surface area contributed by atoms with Gasteiger partial charge in [-0.1, -0.05) is 308 Å². The molecule has 0 aliphatic rings. The number of rotatable bonds is 63. The number of hydrogen-bond acceptors (Lipinski definition) is 5. The number of unbranched alkanes of at least 4 members (excludes halogenated alkanes) is 48. The van der Waals surface area contributed by atoms with E-state index in [0.29, 0.717) is 25.9 Å². The first-order valence-electron chi connectivity index (χ1n) is 33.6. The Morgan fingerprint density at radius 2 is 0.635 bits per heavy atom. The first kappa shape index (κ1) is 72.3. The molecule has 6 nitrogen and oxygen atoms in total. The molecule has 0 aromatic carbocycles. The number of esters is 1. The SMILES string of the molecule is CCCCCCCC/C=C\CCCCCCCCCCCC(=O)OCCCCCCCCCCCCCC/C=C\CCCCCCCCCC(=O)NC(CO)C(O)CCCCCCCCCCCCCCCCC. The fourth-order valence-corrected chi connectivity index (χ4v) is 10.6. The van der Waals surface area contributed by atoms with Crippen LogP contribution in [0.2, 0.25) is 0 Å². The first-order chi connectivity index (χ1) is 36.5. The summed E-state index contributed by atoms with van der Waals surface area (Å²) in [5, 5.41) is 23.3. The molecule has 0 rings (SSSR count). The van der Waals surface area contributed by atoms with Crippen molar-refractivity contribution < 1.29 is 24.5 Å². The van der Waals surface area contributed by atoms with Gasteiger partial charge in [0, 0.05) is 12.8 Å². The average Bonchev–Trinajstić information content (AvgIpc) is 3.40. The van der Waals surface area contributed by atoms with E-state index in [2.05, 4.69) is 43.5 Å². The van der Waals surface area contributed by atoms with Crippen molar-refractivity contribution in [3.05, 3.63) is 24.3 Å². The Balaban J connectivity index is 3.38. The fraction of sp³-hybridized carbons (Fsp3) is 0.912. The maximum atomic E-state index is 12.5. The molecule has 0 saturated heterocycles. The van der Waals surface area contributed by atoms with Crippen molar-refractivity contribution in [1.82, 2.24) is 5.32 Å². The van der Waals surface area contributed by atoms with Crippen molar-refractivity contribution in [3.8, 4) is 0 Å². The Hall–Kier alpha value is -1.66. The lowest BCUT2D eigenvalue weighted by atomic mass is 10.0. The molecule has 0 spiro atoms. The lowest BCUT2D eigenvalue weighted by Crippen LogP contribution is -2.45. The zero-order valence-corrected chi connectivity index (χ0v) is 50.1. The highest BCUT2D eigenvalue weighted by molar-refractivity contribution is 5.76. The topological polar surface area (TPSA) is 95.9 Å². The van der Waals surface area contributed by atoms with E-state index in [-0.39, 0.29) is 18.5 Å². The van der Waals surface area contributed by atoms with Crippen molar-refractivity contribution >= 4 is 11.9 Å². The second-order valence-corrected chi connectivity index (χ2v) is 23.1. The van der Waals surface area contributed by atoms with E-state index in [1.54, 1.807) is 0 Å². The minimum Gasteiger partial charge on any atom is -0.466 e. The Kier molecular flexibility index (Phi) is 62.4. The van der Waals surface area contributed by atoms with Gasteiger partial charge in [0.05, 0.1) is 25.4 Å². The number of hydrogen-bond donors (Lipinski definition) is 3. The molecule has 0 saturated carbocycles. The van der Waals surface area contributed by atoms with Crippen LogP contribution >= 0.6 is 0 Å². The molecule has 0 aliphatic carbocycles. The zero-order valence-electron chi connectivity index (χ0n) is 50.1. The largest absolute Gasteiger partial charge is 0.466 e. The second kappa shape index (κ2) is 63.9. The van der Waals surface area contributed by atoms with Crippen LogP contribution in [0.5, 0.6) is 0 Å². The quantitative estimate of drug-likeness (QED) is 0.0320. The van der Waals surface area contributed by atoms with Crippen LogP contribution in [0, 0.1) is 0 Å². The lowest BCUT2D eigenvalue weighted by Gasteiger charge is -2.22. The molecule has 2 atom stereocenters. The summed E-state index contributed by atoms with van der Waals surface area (Å²) >= 11 is 0. The summed E-state index contributed by atoms with van der Waals surface area (Å²) < 4.78 is 5.50. The smallest absolute Gasteiger partial charge is 0.305 e. The van der Waals surface area contributed by atoms with Crippen molar-refractivity contribution in [2.45, 2.75) is 386 Å². The van der Waals surface area contributed by atoms with Gasteiger partial charge in [-0.15, -0.1) is 0 Å². The Bertz CT molecular complexity index is 1150. The first-order valence-corrected chi connectivity index (χ1v) is 33.6. The number of nitrogens with one attached hydrogen (secondary N) is 1. The van der Waals surface area contributed by atoms with Gasteiger partial charge >= 0.3 is 5.97 Å². The third-order valence-electron chi connectivity index (χ3n) is 15.7. The summed E-state index contributed by atoms with van der Waals surface area (Å²) in [5.74, 6) is -0.0272. The summed E-state index contributed by atoms with van der Waals surface area (Å²) in [5.41, 5.74) is 0. The summed E-state index contributed by atoms with van der Waals surface area (Å²) in [6.07, 6.45) is 79.2. The molecule has 1 amide bonds. The van der Waals surface area contributed by atoms with Crippen molar-refractivity contribution in [2.24, 2.45) is 0 Å². The molecule has 3 N–H and O–H groups in total. The Morgan fingerprint density at radius 3 is 0.959 bits per heavy atom. The highest BCUT2D eigenvalue weighted by Crippen LogP contribution is 2.18. The van der Waals surface area contributed by atoms with Crippen LogP contribution in [-0.4, -0.2) is 47.4 Å². The highest BCUT2D eigenvalue weighted by Gasteiger charge is 2.20. The molecule has 0 fully saturated rings. The molecular weight excluding hydrogens is 911 g/mol. The number of ether oxygens (including phenoxy) is 1. The van der Waals surface area contributed by atoms with Gasteiger partial charge in [-0.3, -0.25) is 9.59 Å². The third kappa shape index (κ3) is 59.6. The number of carbonyl (C=O) groups is 2. The zero-order chi connectivity index (χ0) is 53.6. The van der Waals surface area contributed by atoms with Gasteiger partial charge in [-0.05, 0) is 77.0 Å². The minimum atomic E-state index is -0.668. The van der Waals surface area contributed by atoms with Crippen molar-refractivity contribution in [1.29, 1.82) is 0 Å². The van der Waals surface area contributed by atoms with E-state index in [0.717, 1.165) is 44.9 Å². The van der Waals surface area contributed by atoms with Crippen LogP contribution in [0.25, 0.3) is 0 Å². The van der Waals surface area contributed by atoms with Crippen LogP contribution < -0.4 is 5.32 Å². The Morgan fingerprint density at radius 1 is 0.365 bits per heavy atom. The van der Waals surface area contributed by atoms with E-state index in [9.17, 15) is 19.8 Å². The molecule has 0 heterocycles. The monoisotopic (exact) mass is 1040 g/mol. The molecular formula is C68H131NO5. The minimum absolute atomic E-state index is 0.0118. The number of aliphatic hydroxyl groups excluding tert-OH is 2. The van der Waals surface area contributed by atoms with Crippen LogP contribution in [0.1, 0.15) is 373 Å². The Labute approximate surface area is 462 Å². The van der Waals surface area contributed by atoms with Gasteiger partial charge in [0.25, 0.3) is 0 Å². The van der Waals surface area contributed by atoms with Crippen LogP contribution in [0.3, 0.4) is 0 Å². The molecule has 0 radical (unpaired) electrons. The maximum absolute atomic E-state index is 12.5. The second-order valence-electron chi connectivity index (χ2n) is 23.1. The molecule has 438 valence electrons. The predicted octanol–water partition coefficient (Wildman–Crippen LogP) is 21.4. The van der Waals surface area contributed by atoms with E-state index in [4.69, 9.17) is 4.74 Å². The molecule has 74 heavy (non-hydrogen) atoms. The highest BCUT2D eigenvalue weighted by atomic mass is 16.5. The fourth-order valence-electron chi connectivity index (χ4n) is 10.6. The molecule has 0 aliphatic heterocycles. The standard InChI is InChI=1S/C68H131NO5/c1-3-5-7-9-11-13-15-17-19-20-26-30-34-38-42-46-50-54-58-62-68(73)74-63-59-55-51-47-43-39-35-31-28-25-23-21-22-24-27-29-33-37-41-45-49-53-57-61-67(72)69-65(64-70)66(71)60-56-52-48-44-40-36-32-18-16-14-12-10-8-6-4-2/h17,19,24,27,65-66,70-71H,3-16,18,20-23,25-26,28-64H2,1-2H3,(H,69,72)/b19-17-,27-24-. The summed E-state index contributed by atoms with van der Waals surface area (Å²) in [4.78, 5) is 24.6. The number of amides is 1. The molecule has 0 aromatic heterocycles. The normalized spacial score (nSPS) is 12.6. The number of allylic oxidation sites excluding steroid dienone is 4. The van der Waals surface area contributed by atoms with Crippen molar-refractivity contribution in [2.75, 3.05) is 13.2 Å². The summed E-state index contributed by atoms with van der Waals surface area (Å²) in [6.45, 7) is 4.97. The van der Waals surface area contributed by atoms with Gasteiger partial charge in [0.1, 0.15) is 0 Å². The van der Waals surface area contributed by atoms with Gasteiger partial charge in [-0.25, -0.2) is 0 Å². The summed E-state index contributed by atoms with van der Waals surface area (Å²) in [7, 11) is 0. The number of aliphatic hydroxyl groups is 2. The third-order valence-corrected chi connectivity index (χ3v) is 15.7. The molecule has 0 aromatic rings. The van der Waals surface area contributed by atoms with Gasteiger partial charge < -0.3 is 20.3 Å². The van der Waals surface area contributed by atoms with Crippen LogP contribution in [0.4, 0.5) is 0 Å². The molecule has 0 bridgehead atoms. The summed E-state index contributed by atoms with van der Waals surface area (Å²) in [6, 6.07) is -0.546. The van der Waals surface area contributed by atoms with Gasteiger partial charge in [0.2, 0.25) is 5.91 Å². The van der Waals surface area contributed by atoms with E-state index < -0.39 is 12.1 Å². The van der Waals surface area contributed by atoms with Gasteiger partial charge in [-0.2, -0.15) is 0 Å². The average molecular weight is 1040 g/mol. The lowest BCUT2D eigenvalue weighted by molar-refractivity contribution is -0.143. The van der Waals surface area contributed by atoms with Crippen LogP contribution in [-0.2, 0) is 14.3 Å². The number of carbonyl (C=O) groups excluding carboxylic acids is 2. The predicted molar refractivity (Wildman–Crippen MR) is 324 cm³/mol. The molecule has 6 heteroatoms. The van der Waals surface area contributed by atoms with E-state index in [1.807, 2.05) is 0 Å². The van der Waals surface area contributed by atoms with E-state index in [1.165, 1.54) is 295 Å². The van der Waals surface area contributed by atoms with Crippen molar-refractivity contribution in [3.63, 3.8) is 0 Å². The van der Waals surface area contributed by atoms with E-state index >= 15 is 0 Å². The van der Waals surface area contributed by atoms with Crippen LogP contribution in [0.15, 0.2) is 24.3 Å². The maximum Gasteiger partial charge on any atom is 0.305 e. The van der Waals surface area contributed by atoms with Gasteiger partial charge in [0.15, 0.2) is 0 Å². The molecule has 2 unspecified atom stereocenters.